The van der Waals surface area contributed by atoms with Crippen LogP contribution >= 0.6 is 0 Å². The number of para-hydroxylation sites is 2. The summed E-state index contributed by atoms with van der Waals surface area (Å²) in [6.07, 6.45) is 0. The second-order valence-electron chi connectivity index (χ2n) is 5.68. The number of likely N-dealkylation sites (N-methyl/N-ethyl adjacent to an activating group) is 1. The predicted molar refractivity (Wildman–Crippen MR) is 99.2 cm³/mol. The Balaban J connectivity index is 1.99. The van der Waals surface area contributed by atoms with Crippen molar-refractivity contribution in [3.63, 3.8) is 0 Å². The summed E-state index contributed by atoms with van der Waals surface area (Å²) in [5, 5.41) is 11.0. The normalized spacial score (nSPS) is 10.2. The molecule has 27 heavy (non-hydrogen) atoms. The third-order valence-electron chi connectivity index (χ3n) is 3.79. The Morgan fingerprint density at radius 3 is 2.52 bits per heavy atom. The van der Waals surface area contributed by atoms with E-state index in [0.29, 0.717) is 24.7 Å². The third-order valence-corrected chi connectivity index (χ3v) is 3.79. The fraction of sp³-hybridized carbons (Fsp3) is 0.316. The van der Waals surface area contributed by atoms with Gasteiger partial charge >= 0.3 is 5.69 Å². The van der Waals surface area contributed by atoms with Crippen LogP contribution < -0.4 is 14.2 Å². The van der Waals surface area contributed by atoms with Gasteiger partial charge < -0.3 is 19.1 Å². The van der Waals surface area contributed by atoms with Crippen LogP contribution in [0.2, 0.25) is 0 Å². The summed E-state index contributed by atoms with van der Waals surface area (Å²) >= 11 is 0. The lowest BCUT2D eigenvalue weighted by atomic mass is 10.2. The van der Waals surface area contributed by atoms with Crippen LogP contribution in [-0.2, 0) is 11.3 Å². The van der Waals surface area contributed by atoms with Crippen LogP contribution in [0.3, 0.4) is 0 Å². The Bertz CT molecular complexity index is 809. The monoisotopic (exact) mass is 374 g/mol. The van der Waals surface area contributed by atoms with E-state index < -0.39 is 4.92 Å². The van der Waals surface area contributed by atoms with E-state index in [9.17, 15) is 14.9 Å². The lowest BCUT2D eigenvalue weighted by Crippen LogP contribution is -2.31. The first-order valence-corrected chi connectivity index (χ1v) is 8.36. The fourth-order valence-electron chi connectivity index (χ4n) is 2.43. The van der Waals surface area contributed by atoms with E-state index in [1.54, 1.807) is 32.4 Å². The van der Waals surface area contributed by atoms with E-state index in [4.69, 9.17) is 14.2 Å². The smallest absolute Gasteiger partial charge is 0.310 e. The first-order chi connectivity index (χ1) is 13.0. The molecule has 0 spiro atoms. The van der Waals surface area contributed by atoms with Crippen molar-refractivity contribution in [2.45, 2.75) is 13.5 Å². The van der Waals surface area contributed by atoms with E-state index in [1.165, 1.54) is 23.1 Å². The van der Waals surface area contributed by atoms with Crippen molar-refractivity contribution in [2.24, 2.45) is 0 Å². The molecular formula is C19H22N2O6. The van der Waals surface area contributed by atoms with Gasteiger partial charge in [-0.25, -0.2) is 0 Å². The fourth-order valence-corrected chi connectivity index (χ4v) is 2.43. The van der Waals surface area contributed by atoms with Crippen LogP contribution in [0.15, 0.2) is 42.5 Å². The minimum Gasteiger partial charge on any atom is -0.493 e. The molecule has 1 amide bonds. The van der Waals surface area contributed by atoms with Gasteiger partial charge in [-0.15, -0.1) is 0 Å². The average Bonchev–Trinajstić information content (AvgIpc) is 2.67. The summed E-state index contributed by atoms with van der Waals surface area (Å²) in [5.74, 6) is 0.983. The van der Waals surface area contributed by atoms with E-state index >= 15 is 0 Å². The molecule has 2 rings (SSSR count). The summed E-state index contributed by atoms with van der Waals surface area (Å²) in [6.45, 7) is 2.45. The van der Waals surface area contributed by atoms with Crippen molar-refractivity contribution in [1.29, 1.82) is 0 Å². The number of hydrogen-bond donors (Lipinski definition) is 0. The molecule has 8 heteroatoms. The largest absolute Gasteiger partial charge is 0.493 e. The van der Waals surface area contributed by atoms with Crippen molar-refractivity contribution in [3.8, 4) is 17.2 Å². The first-order valence-electron chi connectivity index (χ1n) is 8.36. The number of carbonyl (C=O) groups excluding carboxylic acids is 1. The van der Waals surface area contributed by atoms with Crippen LogP contribution in [-0.4, -0.2) is 43.1 Å². The number of nitro benzene ring substituents is 1. The summed E-state index contributed by atoms with van der Waals surface area (Å²) in [7, 11) is 3.19. The van der Waals surface area contributed by atoms with Gasteiger partial charge in [0.15, 0.2) is 23.9 Å². The number of carbonyl (C=O) groups is 1. The molecule has 0 heterocycles. The number of hydrogen-bond acceptors (Lipinski definition) is 6. The second kappa shape index (κ2) is 9.42. The molecule has 0 aliphatic heterocycles. The maximum atomic E-state index is 12.3. The Hall–Kier alpha value is -3.29. The molecule has 8 nitrogen and oxygen atoms in total. The van der Waals surface area contributed by atoms with Gasteiger partial charge in [-0.3, -0.25) is 14.9 Å². The number of benzene rings is 2. The van der Waals surface area contributed by atoms with Crippen molar-refractivity contribution < 1.29 is 23.9 Å². The zero-order valence-electron chi connectivity index (χ0n) is 15.5. The van der Waals surface area contributed by atoms with Gasteiger partial charge in [-0.2, -0.15) is 0 Å². The average molecular weight is 374 g/mol. The molecule has 0 aliphatic carbocycles. The van der Waals surface area contributed by atoms with E-state index in [1.807, 2.05) is 13.0 Å². The number of amides is 1. The van der Waals surface area contributed by atoms with Crippen LogP contribution in [0.4, 0.5) is 5.69 Å². The molecule has 0 fully saturated rings. The molecule has 0 aromatic heterocycles. The molecular weight excluding hydrogens is 352 g/mol. The van der Waals surface area contributed by atoms with Crippen molar-refractivity contribution >= 4 is 11.6 Å². The maximum Gasteiger partial charge on any atom is 0.310 e. The van der Waals surface area contributed by atoms with Crippen LogP contribution in [0.1, 0.15) is 12.5 Å². The van der Waals surface area contributed by atoms with Gasteiger partial charge in [0, 0.05) is 19.7 Å². The van der Waals surface area contributed by atoms with E-state index in [2.05, 4.69) is 0 Å². The van der Waals surface area contributed by atoms with Crippen molar-refractivity contribution in [2.75, 3.05) is 27.4 Å². The zero-order chi connectivity index (χ0) is 19.8. The Kier molecular flexibility index (Phi) is 6.99. The molecule has 2 aromatic rings. The van der Waals surface area contributed by atoms with Gasteiger partial charge in [0.2, 0.25) is 0 Å². The highest BCUT2D eigenvalue weighted by atomic mass is 16.6. The van der Waals surface area contributed by atoms with E-state index in [0.717, 1.165) is 5.56 Å². The molecule has 0 aliphatic rings. The summed E-state index contributed by atoms with van der Waals surface area (Å²) in [6, 6.07) is 11.4. The highest BCUT2D eigenvalue weighted by Crippen LogP contribution is 2.28. The Morgan fingerprint density at radius 1 is 1.11 bits per heavy atom. The highest BCUT2D eigenvalue weighted by molar-refractivity contribution is 5.77. The molecule has 0 N–H and O–H groups in total. The number of nitro groups is 1. The lowest BCUT2D eigenvalue weighted by Gasteiger charge is -2.18. The summed E-state index contributed by atoms with van der Waals surface area (Å²) in [4.78, 5) is 24.2. The van der Waals surface area contributed by atoms with E-state index in [-0.39, 0.29) is 24.0 Å². The Labute approximate surface area is 157 Å². The first kappa shape index (κ1) is 20.0. The van der Waals surface area contributed by atoms with Crippen molar-refractivity contribution in [3.05, 3.63) is 58.1 Å². The van der Waals surface area contributed by atoms with Gasteiger partial charge in [0.25, 0.3) is 5.91 Å². The predicted octanol–water partition coefficient (Wildman–Crippen LogP) is 3.04. The molecule has 0 radical (unpaired) electrons. The topological polar surface area (TPSA) is 91.1 Å². The summed E-state index contributed by atoms with van der Waals surface area (Å²) < 4.78 is 16.1. The lowest BCUT2D eigenvalue weighted by molar-refractivity contribution is -0.385. The van der Waals surface area contributed by atoms with Crippen molar-refractivity contribution in [1.82, 2.24) is 4.90 Å². The number of ether oxygens (including phenoxy) is 3. The number of nitrogens with zero attached hydrogens (tertiary/aromatic N) is 2. The quantitative estimate of drug-likeness (QED) is 0.495. The highest BCUT2D eigenvalue weighted by Gasteiger charge is 2.17. The second-order valence-corrected chi connectivity index (χ2v) is 5.68. The third kappa shape index (κ3) is 5.34. The summed E-state index contributed by atoms with van der Waals surface area (Å²) in [5.41, 5.74) is 0.682. The minimum atomic E-state index is -0.546. The van der Waals surface area contributed by atoms with Gasteiger partial charge in [-0.1, -0.05) is 18.2 Å². The van der Waals surface area contributed by atoms with Crippen LogP contribution in [0, 0.1) is 10.1 Å². The molecule has 2 aromatic carbocycles. The Morgan fingerprint density at radius 2 is 1.85 bits per heavy atom. The van der Waals surface area contributed by atoms with Crippen LogP contribution in [0.5, 0.6) is 17.2 Å². The molecule has 0 saturated carbocycles. The number of rotatable bonds is 9. The van der Waals surface area contributed by atoms with Gasteiger partial charge in [0.05, 0.1) is 18.6 Å². The molecule has 0 saturated heterocycles. The SMILES string of the molecule is CCOc1ccc(CN(C)C(=O)COc2ccccc2[N+](=O)[O-])cc1OC. The van der Waals surface area contributed by atoms with Crippen LogP contribution in [0.25, 0.3) is 0 Å². The zero-order valence-corrected chi connectivity index (χ0v) is 15.5. The van der Waals surface area contributed by atoms with Gasteiger partial charge in [0.1, 0.15) is 0 Å². The van der Waals surface area contributed by atoms with Gasteiger partial charge in [-0.05, 0) is 30.7 Å². The number of methoxy groups -OCH3 is 1. The molecule has 144 valence electrons. The minimum absolute atomic E-state index is 0.0620. The maximum absolute atomic E-state index is 12.3. The molecule has 0 atom stereocenters. The molecule has 0 bridgehead atoms. The molecule has 0 unspecified atom stereocenters. The standard InChI is InChI=1S/C19H22N2O6/c1-4-26-17-10-9-14(11-18(17)25-3)12-20(2)19(22)13-27-16-8-6-5-7-15(16)21(23)24/h5-11H,4,12-13H2,1-3H3.